The zero-order valence-corrected chi connectivity index (χ0v) is 13.8. The summed E-state index contributed by atoms with van der Waals surface area (Å²) in [5.74, 6) is -7.91. The molecule has 2 fully saturated rings. The maximum Gasteiger partial charge on any atom is 0.329 e. The van der Waals surface area contributed by atoms with Gasteiger partial charge in [-0.25, -0.2) is 0 Å². The van der Waals surface area contributed by atoms with Gasteiger partial charge in [0.2, 0.25) is 0 Å². The Labute approximate surface area is 142 Å². The summed E-state index contributed by atoms with van der Waals surface area (Å²) < 4.78 is 62.0. The molecule has 0 amide bonds. The van der Waals surface area contributed by atoms with Crippen molar-refractivity contribution >= 4 is 16.7 Å². The van der Waals surface area contributed by atoms with Gasteiger partial charge in [0.05, 0.1) is 31.3 Å². The van der Waals surface area contributed by atoms with Crippen LogP contribution in [0.3, 0.4) is 0 Å². The Morgan fingerprint density at radius 2 is 1.88 bits per heavy atom. The van der Waals surface area contributed by atoms with Crippen molar-refractivity contribution in [1.29, 1.82) is 0 Å². The molecule has 0 bridgehead atoms. The Morgan fingerprint density at radius 3 is 2.52 bits per heavy atom. The second-order valence-corrected chi connectivity index (χ2v) is 6.87. The summed E-state index contributed by atoms with van der Waals surface area (Å²) in [6.07, 6.45) is 1.74. The van der Waals surface area contributed by atoms with E-state index in [4.69, 9.17) is 4.74 Å². The predicted molar refractivity (Wildman–Crippen MR) is 85.7 cm³/mol. The van der Waals surface area contributed by atoms with Gasteiger partial charge < -0.3 is 9.64 Å². The van der Waals surface area contributed by atoms with Gasteiger partial charge in [-0.2, -0.15) is 22.7 Å². The summed E-state index contributed by atoms with van der Waals surface area (Å²) in [6.45, 7) is 0.952. The van der Waals surface area contributed by atoms with Crippen LogP contribution in [0.2, 0.25) is 0 Å². The lowest BCUT2D eigenvalue weighted by Crippen LogP contribution is -2.38. The number of alkyl halides is 4. The summed E-state index contributed by atoms with van der Waals surface area (Å²) >= 11 is 0. The number of hydrogen-bond acceptors (Lipinski definition) is 3. The highest BCUT2D eigenvalue weighted by atomic mass is 19.3. The SMILES string of the molecule is Cc1cccc2c1c(N1CC(F)(F)C(F)(F)C1)nn2C1CCCOC1. The molecule has 0 aliphatic carbocycles. The van der Waals surface area contributed by atoms with Crippen molar-refractivity contribution in [2.45, 2.75) is 37.7 Å². The molecule has 2 aromatic rings. The van der Waals surface area contributed by atoms with Gasteiger partial charge in [-0.15, -0.1) is 0 Å². The number of rotatable bonds is 2. The molecule has 0 N–H and O–H groups in total. The minimum atomic E-state index is -4.06. The van der Waals surface area contributed by atoms with Crippen LogP contribution in [0, 0.1) is 6.92 Å². The molecular weight excluding hydrogens is 338 g/mol. The number of aryl methyl sites for hydroxylation is 1. The topological polar surface area (TPSA) is 30.3 Å². The van der Waals surface area contributed by atoms with Crippen molar-refractivity contribution in [1.82, 2.24) is 9.78 Å². The first kappa shape index (κ1) is 16.6. The van der Waals surface area contributed by atoms with E-state index in [-0.39, 0.29) is 11.9 Å². The molecule has 0 radical (unpaired) electrons. The largest absolute Gasteiger partial charge is 0.379 e. The van der Waals surface area contributed by atoms with Crippen LogP contribution in [0.4, 0.5) is 23.4 Å². The first-order chi connectivity index (χ1) is 11.8. The molecule has 136 valence electrons. The average molecular weight is 357 g/mol. The fourth-order valence-electron chi connectivity index (χ4n) is 3.67. The molecule has 25 heavy (non-hydrogen) atoms. The summed E-state index contributed by atoms with van der Waals surface area (Å²) in [5.41, 5.74) is 1.60. The summed E-state index contributed by atoms with van der Waals surface area (Å²) in [6, 6.07) is 5.52. The van der Waals surface area contributed by atoms with Crippen LogP contribution >= 0.6 is 0 Å². The summed E-state index contributed by atoms with van der Waals surface area (Å²) in [4.78, 5) is 1.01. The van der Waals surface area contributed by atoms with Gasteiger partial charge in [-0.3, -0.25) is 4.68 Å². The third-order valence-electron chi connectivity index (χ3n) is 5.02. The maximum absolute atomic E-state index is 13.7. The molecule has 1 atom stereocenters. The first-order valence-corrected chi connectivity index (χ1v) is 8.36. The van der Waals surface area contributed by atoms with Crippen LogP contribution in [0.5, 0.6) is 0 Å². The van der Waals surface area contributed by atoms with E-state index in [1.165, 1.54) is 0 Å². The predicted octanol–water partition coefficient (Wildman–Crippen LogP) is 3.79. The van der Waals surface area contributed by atoms with E-state index >= 15 is 0 Å². The number of halogens is 4. The lowest BCUT2D eigenvalue weighted by atomic mass is 10.1. The molecule has 2 saturated heterocycles. The smallest absolute Gasteiger partial charge is 0.329 e. The normalized spacial score (nSPS) is 25.6. The second-order valence-electron chi connectivity index (χ2n) is 6.87. The molecule has 1 aromatic carbocycles. The zero-order valence-electron chi connectivity index (χ0n) is 13.8. The van der Waals surface area contributed by atoms with Gasteiger partial charge in [0.1, 0.15) is 0 Å². The fraction of sp³-hybridized carbons (Fsp3) is 0.588. The molecule has 0 saturated carbocycles. The van der Waals surface area contributed by atoms with Gasteiger partial charge in [0, 0.05) is 12.0 Å². The van der Waals surface area contributed by atoms with Crippen LogP contribution in [0.1, 0.15) is 24.4 Å². The number of hydrogen-bond donors (Lipinski definition) is 0. The van der Waals surface area contributed by atoms with E-state index in [1.807, 2.05) is 25.1 Å². The minimum Gasteiger partial charge on any atom is -0.379 e. The molecular formula is C17H19F4N3O. The van der Waals surface area contributed by atoms with E-state index < -0.39 is 24.9 Å². The van der Waals surface area contributed by atoms with Crippen LogP contribution < -0.4 is 4.90 Å². The summed E-state index contributed by atoms with van der Waals surface area (Å²) in [7, 11) is 0. The van der Waals surface area contributed by atoms with Crippen molar-refractivity contribution in [2.75, 3.05) is 31.2 Å². The van der Waals surface area contributed by atoms with Crippen molar-refractivity contribution in [2.24, 2.45) is 0 Å². The van der Waals surface area contributed by atoms with Gasteiger partial charge in [-0.05, 0) is 31.4 Å². The standard InChI is InChI=1S/C17H19F4N3O/c1-11-4-2-6-13-14(11)15(22-24(13)12-5-3-7-25-8-12)23-9-16(18,19)17(20,21)10-23/h2,4,6,12H,3,5,7-10H2,1H3. The minimum absolute atomic E-state index is 0.0181. The van der Waals surface area contributed by atoms with Gasteiger partial charge in [0.15, 0.2) is 5.82 Å². The third kappa shape index (κ3) is 2.58. The molecule has 4 nitrogen and oxygen atoms in total. The maximum atomic E-state index is 13.7. The number of anilines is 1. The van der Waals surface area contributed by atoms with Gasteiger partial charge in [0.25, 0.3) is 0 Å². The van der Waals surface area contributed by atoms with Crippen LogP contribution in [0.25, 0.3) is 10.9 Å². The molecule has 4 rings (SSSR count). The quantitative estimate of drug-likeness (QED) is 0.766. The molecule has 2 aliphatic rings. The van der Waals surface area contributed by atoms with E-state index in [2.05, 4.69) is 5.10 Å². The van der Waals surface area contributed by atoms with Crippen LogP contribution in [-0.4, -0.2) is 47.9 Å². The van der Waals surface area contributed by atoms with Crippen molar-refractivity contribution in [3.63, 3.8) is 0 Å². The number of ether oxygens (including phenoxy) is 1. The molecule has 1 unspecified atom stereocenters. The van der Waals surface area contributed by atoms with E-state index in [1.54, 1.807) is 4.68 Å². The molecule has 3 heterocycles. The second kappa shape index (κ2) is 5.59. The summed E-state index contributed by atoms with van der Waals surface area (Å²) in [5, 5.41) is 5.14. The Bertz CT molecular complexity index is 783. The molecule has 2 aliphatic heterocycles. The lowest BCUT2D eigenvalue weighted by molar-refractivity contribution is -0.172. The highest BCUT2D eigenvalue weighted by Gasteiger charge is 2.63. The lowest BCUT2D eigenvalue weighted by Gasteiger charge is -2.23. The van der Waals surface area contributed by atoms with Crippen LogP contribution in [-0.2, 0) is 4.74 Å². The third-order valence-corrected chi connectivity index (χ3v) is 5.02. The van der Waals surface area contributed by atoms with Crippen molar-refractivity contribution in [3.8, 4) is 0 Å². The zero-order chi connectivity index (χ0) is 17.8. The highest BCUT2D eigenvalue weighted by Crippen LogP contribution is 2.44. The Kier molecular flexibility index (Phi) is 3.72. The first-order valence-electron chi connectivity index (χ1n) is 8.36. The van der Waals surface area contributed by atoms with Gasteiger partial charge >= 0.3 is 11.8 Å². The van der Waals surface area contributed by atoms with Crippen LogP contribution in [0.15, 0.2) is 18.2 Å². The Balaban J connectivity index is 1.82. The monoisotopic (exact) mass is 357 g/mol. The van der Waals surface area contributed by atoms with Gasteiger partial charge in [-0.1, -0.05) is 12.1 Å². The average Bonchev–Trinajstić information content (AvgIpc) is 3.04. The fourth-order valence-corrected chi connectivity index (χ4v) is 3.67. The number of fused-ring (bicyclic) bond motifs is 1. The highest BCUT2D eigenvalue weighted by molar-refractivity contribution is 5.94. The van der Waals surface area contributed by atoms with E-state index in [9.17, 15) is 17.6 Å². The molecule has 0 spiro atoms. The van der Waals surface area contributed by atoms with E-state index in [0.717, 1.165) is 28.8 Å². The number of benzene rings is 1. The number of aromatic nitrogens is 2. The Hall–Kier alpha value is -1.83. The van der Waals surface area contributed by atoms with E-state index in [0.29, 0.717) is 18.6 Å². The Morgan fingerprint density at radius 1 is 1.16 bits per heavy atom. The van der Waals surface area contributed by atoms with Crippen molar-refractivity contribution in [3.05, 3.63) is 23.8 Å². The number of nitrogens with zero attached hydrogens (tertiary/aromatic N) is 3. The molecule has 8 heteroatoms. The van der Waals surface area contributed by atoms with Crippen molar-refractivity contribution < 1.29 is 22.3 Å². The molecule has 1 aromatic heterocycles.